The Balaban J connectivity index is 0.000000472. The van der Waals surface area contributed by atoms with E-state index in [1.165, 1.54) is 5.56 Å². The Morgan fingerprint density at radius 3 is 1.95 bits per heavy atom. The molecule has 4 nitrogen and oxygen atoms in total. The van der Waals surface area contributed by atoms with Gasteiger partial charge in [0, 0.05) is 5.56 Å². The summed E-state index contributed by atoms with van der Waals surface area (Å²) in [5.74, 6) is 0. The maximum absolute atomic E-state index is 10.7. The molecule has 0 heterocycles. The van der Waals surface area contributed by atoms with Gasteiger partial charge in [-0.15, -0.1) is 0 Å². The van der Waals surface area contributed by atoms with Crippen molar-refractivity contribution in [1.82, 2.24) is 0 Å². The molecule has 0 aliphatic heterocycles. The summed E-state index contributed by atoms with van der Waals surface area (Å²) >= 11 is 0. The molecule has 1 atom stereocenters. The fraction of sp³-hybridized carbons (Fsp3) is 0.429. The first-order valence-electron chi connectivity index (χ1n) is 6.39. The van der Waals surface area contributed by atoms with Crippen LogP contribution < -0.4 is 0 Å². The van der Waals surface area contributed by atoms with Gasteiger partial charge in [0.1, 0.15) is 6.04 Å². The molecule has 0 aromatic heterocycles. The van der Waals surface area contributed by atoms with E-state index in [4.69, 9.17) is 13.0 Å². The lowest BCUT2D eigenvalue weighted by Crippen LogP contribution is -2.41. The zero-order valence-electron chi connectivity index (χ0n) is 12.7. The predicted octanol–water partition coefficient (Wildman–Crippen LogP) is 3.06. The molecule has 0 saturated carbocycles. The predicted molar refractivity (Wildman–Crippen MR) is 77.8 cm³/mol. The van der Waals surface area contributed by atoms with Crippen LogP contribution in [-0.2, 0) is 10.1 Å². The SMILES string of the molecule is C=CC(c1ccccc1)[N+](C)(C)CC.O=S(=O)([O-])C(F)(F)F. The van der Waals surface area contributed by atoms with Crippen LogP contribution in [0.2, 0.25) is 0 Å². The van der Waals surface area contributed by atoms with Crippen LogP contribution in [0, 0.1) is 0 Å². The van der Waals surface area contributed by atoms with Crippen LogP contribution in [0.3, 0.4) is 0 Å². The summed E-state index contributed by atoms with van der Waals surface area (Å²) in [6.45, 7) is 7.25. The fourth-order valence-corrected chi connectivity index (χ4v) is 1.67. The summed E-state index contributed by atoms with van der Waals surface area (Å²) in [7, 11) is -1.62. The zero-order valence-corrected chi connectivity index (χ0v) is 13.5. The third-order valence-electron chi connectivity index (χ3n) is 3.22. The van der Waals surface area contributed by atoms with Gasteiger partial charge in [0.2, 0.25) is 0 Å². The van der Waals surface area contributed by atoms with Crippen LogP contribution in [0.4, 0.5) is 13.2 Å². The van der Waals surface area contributed by atoms with Crippen LogP contribution in [0.15, 0.2) is 43.0 Å². The minimum atomic E-state index is -6.09. The van der Waals surface area contributed by atoms with Crippen molar-refractivity contribution < 1.29 is 30.6 Å². The first kappa shape index (κ1) is 20.6. The zero-order chi connectivity index (χ0) is 17.6. The molecule has 0 fully saturated rings. The van der Waals surface area contributed by atoms with E-state index in [-0.39, 0.29) is 0 Å². The molecule has 22 heavy (non-hydrogen) atoms. The van der Waals surface area contributed by atoms with Gasteiger partial charge in [-0.05, 0) is 13.0 Å². The van der Waals surface area contributed by atoms with E-state index < -0.39 is 15.6 Å². The molecule has 1 aromatic rings. The van der Waals surface area contributed by atoms with Crippen molar-refractivity contribution in [2.75, 3.05) is 20.6 Å². The number of hydrogen-bond acceptors (Lipinski definition) is 3. The molecule has 0 spiro atoms. The Morgan fingerprint density at radius 1 is 1.27 bits per heavy atom. The molecule has 1 rings (SSSR count). The summed E-state index contributed by atoms with van der Waals surface area (Å²) in [5.41, 5.74) is -4.30. The van der Waals surface area contributed by atoms with E-state index in [0.29, 0.717) is 6.04 Å². The maximum Gasteiger partial charge on any atom is 0.485 e. The summed E-state index contributed by atoms with van der Waals surface area (Å²) in [5, 5.41) is 0. The highest BCUT2D eigenvalue weighted by Gasteiger charge is 2.36. The summed E-state index contributed by atoms with van der Waals surface area (Å²) in [4.78, 5) is 0. The van der Waals surface area contributed by atoms with Crippen LogP contribution in [0.5, 0.6) is 0 Å². The van der Waals surface area contributed by atoms with Crippen LogP contribution >= 0.6 is 0 Å². The number of quaternary nitrogens is 1. The first-order chi connectivity index (χ1) is 9.86. The van der Waals surface area contributed by atoms with Gasteiger partial charge in [0.15, 0.2) is 10.1 Å². The number of benzene rings is 1. The fourth-order valence-electron chi connectivity index (χ4n) is 1.67. The third kappa shape index (κ3) is 6.17. The molecule has 1 unspecified atom stereocenters. The number of likely N-dealkylation sites (N-methyl/N-ethyl adjacent to an activating group) is 1. The summed E-state index contributed by atoms with van der Waals surface area (Å²) in [6.07, 6.45) is 2.04. The second-order valence-corrected chi connectivity index (χ2v) is 6.46. The minimum Gasteiger partial charge on any atom is -0.741 e. The Morgan fingerprint density at radius 2 is 1.68 bits per heavy atom. The number of nitrogens with zero attached hydrogens (tertiary/aromatic N) is 1. The highest BCUT2D eigenvalue weighted by molar-refractivity contribution is 7.86. The second-order valence-electron chi connectivity index (χ2n) is 5.09. The van der Waals surface area contributed by atoms with Gasteiger partial charge in [-0.2, -0.15) is 13.2 Å². The molecule has 0 aliphatic carbocycles. The molecule has 0 radical (unpaired) electrons. The van der Waals surface area contributed by atoms with Gasteiger partial charge >= 0.3 is 5.51 Å². The number of hydrogen-bond donors (Lipinski definition) is 0. The van der Waals surface area contributed by atoms with Crippen molar-refractivity contribution in [3.63, 3.8) is 0 Å². The van der Waals surface area contributed by atoms with Crippen LogP contribution in [0.1, 0.15) is 18.5 Å². The normalized spacial score (nSPS) is 13.8. The van der Waals surface area contributed by atoms with Gasteiger partial charge in [-0.1, -0.05) is 36.9 Å². The molecular weight excluding hydrogens is 319 g/mol. The Bertz CT molecular complexity index is 569. The Kier molecular flexibility index (Phi) is 7.27. The van der Waals surface area contributed by atoms with Gasteiger partial charge in [0.25, 0.3) is 0 Å². The molecule has 0 saturated heterocycles. The van der Waals surface area contributed by atoms with E-state index in [9.17, 15) is 13.2 Å². The summed E-state index contributed by atoms with van der Waals surface area (Å²) < 4.78 is 59.9. The molecule has 8 heteroatoms. The Hall–Kier alpha value is -1.38. The maximum atomic E-state index is 10.7. The quantitative estimate of drug-likeness (QED) is 0.367. The van der Waals surface area contributed by atoms with Crippen LogP contribution in [0.25, 0.3) is 0 Å². The molecule has 126 valence electrons. The van der Waals surface area contributed by atoms with Gasteiger partial charge in [0.05, 0.1) is 20.6 Å². The molecule has 0 aliphatic rings. The molecule has 0 bridgehead atoms. The van der Waals surface area contributed by atoms with Gasteiger partial charge < -0.3 is 9.04 Å². The van der Waals surface area contributed by atoms with E-state index in [1.54, 1.807) is 0 Å². The summed E-state index contributed by atoms with van der Waals surface area (Å²) in [6, 6.07) is 10.9. The van der Waals surface area contributed by atoms with Crippen molar-refractivity contribution in [2.45, 2.75) is 18.5 Å². The molecule has 1 aromatic carbocycles. The number of halogens is 3. The number of alkyl halides is 3. The lowest BCUT2D eigenvalue weighted by molar-refractivity contribution is -0.912. The average Bonchev–Trinajstić information content (AvgIpc) is 2.39. The second kappa shape index (κ2) is 7.75. The van der Waals surface area contributed by atoms with Crippen molar-refractivity contribution in [3.8, 4) is 0 Å². The Labute approximate surface area is 129 Å². The van der Waals surface area contributed by atoms with E-state index in [0.717, 1.165) is 11.0 Å². The average molecular weight is 339 g/mol. The number of rotatable bonds is 4. The van der Waals surface area contributed by atoms with E-state index in [2.05, 4.69) is 57.9 Å². The standard InChI is InChI=1S/C13H20N.CHF3O3S/c1-5-13(14(3,4)6-2)12-10-8-7-9-11-12;2-1(3,4)8(5,6)7/h5,7-11,13H,1,6H2,2-4H3;(H,5,6,7)/q+1;/p-1. The highest BCUT2D eigenvalue weighted by Crippen LogP contribution is 2.25. The van der Waals surface area contributed by atoms with Crippen molar-refractivity contribution in [2.24, 2.45) is 0 Å². The van der Waals surface area contributed by atoms with Crippen molar-refractivity contribution in [1.29, 1.82) is 0 Å². The molecular formula is C14H20F3NO3S. The molecule has 0 amide bonds. The third-order valence-corrected chi connectivity index (χ3v) is 3.78. The van der Waals surface area contributed by atoms with Gasteiger partial charge in [-0.3, -0.25) is 0 Å². The monoisotopic (exact) mass is 339 g/mol. The van der Waals surface area contributed by atoms with E-state index >= 15 is 0 Å². The lowest BCUT2D eigenvalue weighted by Gasteiger charge is -2.35. The highest BCUT2D eigenvalue weighted by atomic mass is 32.2. The van der Waals surface area contributed by atoms with E-state index in [1.807, 2.05) is 6.08 Å². The van der Waals surface area contributed by atoms with Gasteiger partial charge in [-0.25, -0.2) is 8.42 Å². The minimum absolute atomic E-state index is 0.390. The van der Waals surface area contributed by atoms with Crippen LogP contribution in [-0.4, -0.2) is 43.6 Å². The smallest absolute Gasteiger partial charge is 0.485 e. The molecule has 0 N–H and O–H groups in total. The topological polar surface area (TPSA) is 57.2 Å². The first-order valence-corrected chi connectivity index (χ1v) is 7.80. The lowest BCUT2D eigenvalue weighted by atomic mass is 10.0. The van der Waals surface area contributed by atoms with Crippen molar-refractivity contribution in [3.05, 3.63) is 48.6 Å². The largest absolute Gasteiger partial charge is 0.741 e. The van der Waals surface area contributed by atoms with Crippen molar-refractivity contribution >= 4 is 10.1 Å².